The lowest BCUT2D eigenvalue weighted by Crippen LogP contribution is -2.33. The van der Waals surface area contributed by atoms with Gasteiger partial charge >= 0.3 is 0 Å². The predicted molar refractivity (Wildman–Crippen MR) is 114 cm³/mol. The number of hydrogen-bond donors (Lipinski definition) is 1. The molecule has 1 atom stereocenters. The summed E-state index contributed by atoms with van der Waals surface area (Å²) in [5, 5.41) is 20.2. The Morgan fingerprint density at radius 2 is 2.03 bits per heavy atom. The number of benzene rings is 1. The average molecular weight is 392 g/mol. The van der Waals surface area contributed by atoms with Crippen LogP contribution in [0.4, 0.5) is 0 Å². The maximum atomic E-state index is 11.0. The van der Waals surface area contributed by atoms with E-state index in [-0.39, 0.29) is 5.41 Å². The first kappa shape index (κ1) is 18.6. The standard InChI is InChI=1S/C23H29N5O/c1-14-19(17-7-8-18-16(21(17)29)9-10-23(18,2)3)25-26-22-20(14)24-13-28(22)15-6-5-11-27(4)12-15/h7-8,13,15,29H,5-6,9-12H2,1-4H3/t15-/m1/s1. The van der Waals surface area contributed by atoms with Gasteiger partial charge in [0.15, 0.2) is 5.65 Å². The third-order valence-electron chi connectivity index (χ3n) is 6.98. The molecule has 2 aromatic heterocycles. The molecule has 6 heteroatoms. The van der Waals surface area contributed by atoms with Crippen LogP contribution in [-0.2, 0) is 11.8 Å². The van der Waals surface area contributed by atoms with E-state index in [1.165, 1.54) is 12.0 Å². The molecule has 3 heterocycles. The first-order valence-electron chi connectivity index (χ1n) is 10.6. The maximum absolute atomic E-state index is 11.0. The molecule has 0 radical (unpaired) electrons. The highest BCUT2D eigenvalue weighted by Gasteiger charge is 2.33. The minimum atomic E-state index is 0.113. The van der Waals surface area contributed by atoms with Gasteiger partial charge in [0, 0.05) is 23.7 Å². The van der Waals surface area contributed by atoms with Crippen molar-refractivity contribution in [3.8, 4) is 17.0 Å². The number of hydrogen-bond acceptors (Lipinski definition) is 5. The Bertz CT molecular complexity index is 1100. The van der Waals surface area contributed by atoms with E-state index in [1.807, 2.05) is 19.3 Å². The Labute approximate surface area is 171 Å². The number of rotatable bonds is 2. The maximum Gasteiger partial charge on any atom is 0.183 e. The van der Waals surface area contributed by atoms with Gasteiger partial charge in [0.1, 0.15) is 17.0 Å². The highest BCUT2D eigenvalue weighted by atomic mass is 16.3. The molecule has 1 aliphatic heterocycles. The Morgan fingerprint density at radius 1 is 1.21 bits per heavy atom. The number of nitrogens with zero attached hydrogens (tertiary/aromatic N) is 5. The van der Waals surface area contributed by atoms with Gasteiger partial charge in [0.05, 0.1) is 6.33 Å². The fourth-order valence-electron chi connectivity index (χ4n) is 5.18. The van der Waals surface area contributed by atoms with Crippen molar-refractivity contribution in [3.63, 3.8) is 0 Å². The quantitative estimate of drug-likeness (QED) is 0.715. The molecule has 1 saturated heterocycles. The molecule has 6 nitrogen and oxygen atoms in total. The molecule has 0 unspecified atom stereocenters. The Balaban J connectivity index is 1.59. The second kappa shape index (κ2) is 6.52. The Morgan fingerprint density at radius 3 is 2.83 bits per heavy atom. The number of piperidine rings is 1. The van der Waals surface area contributed by atoms with Gasteiger partial charge < -0.3 is 14.6 Å². The zero-order valence-electron chi connectivity index (χ0n) is 17.7. The summed E-state index contributed by atoms with van der Waals surface area (Å²) < 4.78 is 2.18. The number of fused-ring (bicyclic) bond motifs is 2. The van der Waals surface area contributed by atoms with E-state index in [0.29, 0.717) is 11.8 Å². The Hall–Kier alpha value is -2.47. The van der Waals surface area contributed by atoms with Crippen molar-refractivity contribution in [1.82, 2.24) is 24.6 Å². The van der Waals surface area contributed by atoms with Crippen LogP contribution >= 0.6 is 0 Å². The van der Waals surface area contributed by atoms with Gasteiger partial charge in [0.2, 0.25) is 0 Å². The molecule has 1 fully saturated rings. The van der Waals surface area contributed by atoms with Crippen LogP contribution in [0.5, 0.6) is 5.75 Å². The summed E-state index contributed by atoms with van der Waals surface area (Å²) in [5.74, 6) is 0.359. The Kier molecular flexibility index (Phi) is 4.17. The minimum absolute atomic E-state index is 0.113. The SMILES string of the molecule is Cc1c(-c2ccc3c(c2O)CCC3(C)C)nnc2c1ncn2[C@@H]1CCCN(C)C1. The van der Waals surface area contributed by atoms with Gasteiger partial charge in [-0.15, -0.1) is 10.2 Å². The van der Waals surface area contributed by atoms with Gasteiger partial charge in [-0.25, -0.2) is 4.98 Å². The molecule has 1 N–H and O–H groups in total. The molecule has 152 valence electrons. The van der Waals surface area contributed by atoms with Crippen LogP contribution in [-0.4, -0.2) is 49.9 Å². The van der Waals surface area contributed by atoms with Crippen molar-refractivity contribution in [1.29, 1.82) is 0 Å². The van der Waals surface area contributed by atoms with E-state index >= 15 is 0 Å². The number of aryl methyl sites for hydroxylation is 1. The summed E-state index contributed by atoms with van der Waals surface area (Å²) in [6.07, 6.45) is 6.19. The van der Waals surface area contributed by atoms with Gasteiger partial charge in [-0.3, -0.25) is 0 Å². The van der Waals surface area contributed by atoms with E-state index < -0.39 is 0 Å². The van der Waals surface area contributed by atoms with Gasteiger partial charge in [-0.2, -0.15) is 0 Å². The van der Waals surface area contributed by atoms with Gasteiger partial charge in [-0.05, 0) is 68.8 Å². The van der Waals surface area contributed by atoms with Crippen LogP contribution < -0.4 is 0 Å². The number of aromatic hydroxyl groups is 1. The number of likely N-dealkylation sites (N-methyl/N-ethyl adjacent to an activating group) is 1. The van der Waals surface area contributed by atoms with Gasteiger partial charge in [-0.1, -0.05) is 19.9 Å². The zero-order valence-corrected chi connectivity index (χ0v) is 17.7. The largest absolute Gasteiger partial charge is 0.507 e. The normalized spacial score (nSPS) is 21.6. The van der Waals surface area contributed by atoms with Crippen LogP contribution in [0.25, 0.3) is 22.4 Å². The molecular formula is C23H29N5O. The summed E-state index contributed by atoms with van der Waals surface area (Å²) >= 11 is 0. The number of imidazole rings is 1. The lowest BCUT2D eigenvalue weighted by Gasteiger charge is -2.30. The lowest BCUT2D eigenvalue weighted by atomic mass is 9.86. The van der Waals surface area contributed by atoms with Crippen LogP contribution in [0.15, 0.2) is 18.5 Å². The molecule has 1 aliphatic carbocycles. The number of phenols is 1. The lowest BCUT2D eigenvalue weighted by molar-refractivity contribution is 0.214. The second-order valence-corrected chi connectivity index (χ2v) is 9.43. The fraction of sp³-hybridized carbons (Fsp3) is 0.522. The van der Waals surface area contributed by atoms with E-state index in [0.717, 1.165) is 65.9 Å². The molecule has 1 aromatic carbocycles. The van der Waals surface area contributed by atoms with Gasteiger partial charge in [0.25, 0.3) is 0 Å². The van der Waals surface area contributed by atoms with Crippen LogP contribution in [0.1, 0.15) is 55.8 Å². The topological polar surface area (TPSA) is 67.1 Å². The summed E-state index contributed by atoms with van der Waals surface area (Å²) in [5.41, 5.74) is 6.61. The van der Waals surface area contributed by atoms with Crippen LogP contribution in [0.2, 0.25) is 0 Å². The van der Waals surface area contributed by atoms with Crippen molar-refractivity contribution < 1.29 is 5.11 Å². The molecule has 3 aromatic rings. The van der Waals surface area contributed by atoms with E-state index in [2.05, 4.69) is 46.6 Å². The first-order valence-corrected chi connectivity index (χ1v) is 10.6. The molecule has 0 bridgehead atoms. The second-order valence-electron chi connectivity index (χ2n) is 9.43. The predicted octanol–water partition coefficient (Wildman–Crippen LogP) is 4.00. The summed E-state index contributed by atoms with van der Waals surface area (Å²) in [4.78, 5) is 7.05. The minimum Gasteiger partial charge on any atom is -0.507 e. The third-order valence-corrected chi connectivity index (χ3v) is 6.98. The van der Waals surface area contributed by atoms with Crippen molar-refractivity contribution in [2.45, 2.75) is 57.9 Å². The van der Waals surface area contributed by atoms with Crippen LogP contribution in [0, 0.1) is 6.92 Å². The number of phenolic OH excluding ortho intramolecular Hbond substituents is 1. The van der Waals surface area contributed by atoms with E-state index in [9.17, 15) is 5.11 Å². The van der Waals surface area contributed by atoms with Crippen LogP contribution in [0.3, 0.4) is 0 Å². The molecule has 0 spiro atoms. The molecule has 29 heavy (non-hydrogen) atoms. The van der Waals surface area contributed by atoms with Crippen molar-refractivity contribution >= 4 is 11.2 Å². The summed E-state index contributed by atoms with van der Waals surface area (Å²) in [7, 11) is 2.16. The first-order chi connectivity index (χ1) is 13.9. The highest BCUT2D eigenvalue weighted by Crippen LogP contribution is 2.46. The van der Waals surface area contributed by atoms with E-state index in [1.54, 1.807) is 0 Å². The molecular weight excluding hydrogens is 362 g/mol. The van der Waals surface area contributed by atoms with Crippen molar-refractivity contribution in [2.75, 3.05) is 20.1 Å². The average Bonchev–Trinajstić information content (AvgIpc) is 3.25. The highest BCUT2D eigenvalue weighted by molar-refractivity contribution is 5.83. The fourth-order valence-corrected chi connectivity index (χ4v) is 5.18. The number of likely N-dealkylation sites (tertiary alicyclic amines) is 1. The van der Waals surface area contributed by atoms with E-state index in [4.69, 9.17) is 4.98 Å². The molecule has 0 saturated carbocycles. The summed E-state index contributed by atoms with van der Waals surface area (Å²) in [6, 6.07) is 4.53. The zero-order chi connectivity index (χ0) is 20.3. The number of aromatic nitrogens is 4. The monoisotopic (exact) mass is 391 g/mol. The molecule has 2 aliphatic rings. The summed E-state index contributed by atoms with van der Waals surface area (Å²) in [6.45, 7) is 8.67. The van der Waals surface area contributed by atoms with Crippen molar-refractivity contribution in [2.24, 2.45) is 0 Å². The third kappa shape index (κ3) is 2.84. The van der Waals surface area contributed by atoms with Crippen molar-refractivity contribution in [3.05, 3.63) is 35.2 Å². The smallest absolute Gasteiger partial charge is 0.183 e. The molecule has 5 rings (SSSR count). The molecule has 0 amide bonds.